The number of aromatic nitrogens is 1. The van der Waals surface area contributed by atoms with Crippen LogP contribution in [0.5, 0.6) is 0 Å². The van der Waals surface area contributed by atoms with Crippen molar-refractivity contribution < 1.29 is 0 Å². The fourth-order valence-electron chi connectivity index (χ4n) is 2.32. The van der Waals surface area contributed by atoms with Crippen molar-refractivity contribution in [2.45, 2.75) is 37.0 Å². The van der Waals surface area contributed by atoms with E-state index in [0.29, 0.717) is 22.1 Å². The number of nitrogens with zero attached hydrogens (tertiary/aromatic N) is 1. The molecule has 1 aromatic heterocycles. The summed E-state index contributed by atoms with van der Waals surface area (Å²) in [5.74, 6) is 0.793. The summed E-state index contributed by atoms with van der Waals surface area (Å²) in [6, 6.07) is 3.99. The summed E-state index contributed by atoms with van der Waals surface area (Å²) in [5.41, 5.74) is 6.42. The lowest BCUT2D eigenvalue weighted by molar-refractivity contribution is 0.474. The van der Waals surface area contributed by atoms with Crippen molar-refractivity contribution in [2.24, 2.45) is 0 Å². The molecule has 0 aromatic carbocycles. The largest absolute Gasteiger partial charge is 0.399 e. The van der Waals surface area contributed by atoms with Crippen molar-refractivity contribution in [2.75, 3.05) is 17.3 Å². The zero-order valence-electron chi connectivity index (χ0n) is 9.95. The monoisotopic (exact) mass is 271 g/mol. The van der Waals surface area contributed by atoms with Crippen LogP contribution in [0.15, 0.2) is 12.1 Å². The summed E-state index contributed by atoms with van der Waals surface area (Å²) in [7, 11) is 0. The van der Waals surface area contributed by atoms with Crippen LogP contribution >= 0.6 is 23.4 Å². The van der Waals surface area contributed by atoms with Crippen LogP contribution in [-0.2, 0) is 0 Å². The highest BCUT2D eigenvalue weighted by Gasteiger charge is 2.24. The SMILES string of the molecule is CSC1CCCCC1Nc1cc(N)cc(Cl)n1. The molecule has 1 fully saturated rings. The van der Waals surface area contributed by atoms with Crippen LogP contribution < -0.4 is 11.1 Å². The van der Waals surface area contributed by atoms with Crippen LogP contribution in [0.4, 0.5) is 11.5 Å². The number of nitrogen functional groups attached to an aromatic ring is 1. The Balaban J connectivity index is 2.08. The predicted octanol–water partition coefficient (Wildman–Crippen LogP) is 3.40. The molecule has 1 aliphatic carbocycles. The standard InChI is InChI=1S/C12H18ClN3S/c1-17-10-5-3-2-4-9(10)15-12-7-8(14)6-11(13)16-12/h6-7,9-10H,2-5H2,1H3,(H3,14,15,16). The average molecular weight is 272 g/mol. The summed E-state index contributed by atoms with van der Waals surface area (Å²) in [5, 5.41) is 4.57. The summed E-state index contributed by atoms with van der Waals surface area (Å²) < 4.78 is 0. The molecule has 1 saturated carbocycles. The van der Waals surface area contributed by atoms with E-state index in [2.05, 4.69) is 16.6 Å². The van der Waals surface area contributed by atoms with Gasteiger partial charge in [0.25, 0.3) is 0 Å². The second kappa shape index (κ2) is 5.83. The van der Waals surface area contributed by atoms with Crippen molar-refractivity contribution in [3.63, 3.8) is 0 Å². The van der Waals surface area contributed by atoms with Gasteiger partial charge in [0.05, 0.1) is 0 Å². The molecule has 0 radical (unpaired) electrons. The molecule has 17 heavy (non-hydrogen) atoms. The molecular weight excluding hydrogens is 254 g/mol. The predicted molar refractivity (Wildman–Crippen MR) is 76.8 cm³/mol. The van der Waals surface area contributed by atoms with E-state index in [9.17, 15) is 0 Å². The van der Waals surface area contributed by atoms with E-state index in [1.807, 2.05) is 17.8 Å². The lowest BCUT2D eigenvalue weighted by atomic mass is 9.95. The highest BCUT2D eigenvalue weighted by molar-refractivity contribution is 7.99. The second-order valence-corrected chi connectivity index (χ2v) is 5.88. The number of pyridine rings is 1. The van der Waals surface area contributed by atoms with Gasteiger partial charge in [0.15, 0.2) is 0 Å². The number of nitrogens with two attached hydrogens (primary N) is 1. The molecule has 2 rings (SSSR count). The third-order valence-corrected chi connectivity index (χ3v) is 4.52. The Hall–Kier alpha value is -0.610. The molecule has 3 N–H and O–H groups in total. The maximum Gasteiger partial charge on any atom is 0.133 e. The van der Waals surface area contributed by atoms with Crippen molar-refractivity contribution in [1.29, 1.82) is 0 Å². The minimum atomic E-state index is 0.448. The number of hydrogen-bond donors (Lipinski definition) is 2. The highest BCUT2D eigenvalue weighted by Crippen LogP contribution is 2.29. The molecular formula is C12H18ClN3S. The Labute approximate surface area is 112 Å². The second-order valence-electron chi connectivity index (χ2n) is 4.42. The first-order chi connectivity index (χ1) is 8.19. The molecule has 1 aromatic rings. The summed E-state index contributed by atoms with van der Waals surface area (Å²) in [6.45, 7) is 0. The van der Waals surface area contributed by atoms with Gasteiger partial charge in [0.1, 0.15) is 11.0 Å². The molecule has 1 heterocycles. The Kier molecular flexibility index (Phi) is 4.40. The van der Waals surface area contributed by atoms with E-state index in [4.69, 9.17) is 17.3 Å². The van der Waals surface area contributed by atoms with Gasteiger partial charge in [-0.2, -0.15) is 11.8 Å². The molecule has 94 valence electrons. The average Bonchev–Trinajstić information content (AvgIpc) is 2.28. The van der Waals surface area contributed by atoms with Crippen molar-refractivity contribution in [3.8, 4) is 0 Å². The molecule has 0 saturated heterocycles. The van der Waals surface area contributed by atoms with E-state index in [1.165, 1.54) is 25.7 Å². The van der Waals surface area contributed by atoms with Gasteiger partial charge in [-0.15, -0.1) is 0 Å². The molecule has 0 spiro atoms. The fraction of sp³-hybridized carbons (Fsp3) is 0.583. The topological polar surface area (TPSA) is 50.9 Å². The highest BCUT2D eigenvalue weighted by atomic mass is 35.5. The lowest BCUT2D eigenvalue weighted by Gasteiger charge is -2.31. The smallest absolute Gasteiger partial charge is 0.133 e. The van der Waals surface area contributed by atoms with Crippen LogP contribution in [0.2, 0.25) is 5.15 Å². The van der Waals surface area contributed by atoms with E-state index < -0.39 is 0 Å². The number of nitrogens with one attached hydrogen (secondary N) is 1. The zero-order valence-corrected chi connectivity index (χ0v) is 11.5. The van der Waals surface area contributed by atoms with Gasteiger partial charge in [0.2, 0.25) is 0 Å². The maximum atomic E-state index is 5.90. The number of hydrogen-bond acceptors (Lipinski definition) is 4. The van der Waals surface area contributed by atoms with E-state index in [1.54, 1.807) is 6.07 Å². The summed E-state index contributed by atoms with van der Waals surface area (Å²) in [4.78, 5) is 4.26. The Bertz CT molecular complexity index is 366. The van der Waals surface area contributed by atoms with Crippen LogP contribution in [0, 0.1) is 0 Å². The van der Waals surface area contributed by atoms with Gasteiger partial charge in [-0.25, -0.2) is 4.98 Å². The number of halogens is 1. The Morgan fingerprint density at radius 3 is 2.88 bits per heavy atom. The molecule has 3 nitrogen and oxygen atoms in total. The summed E-state index contributed by atoms with van der Waals surface area (Å²) >= 11 is 7.83. The Morgan fingerprint density at radius 2 is 2.18 bits per heavy atom. The van der Waals surface area contributed by atoms with Gasteiger partial charge in [-0.05, 0) is 25.2 Å². The quantitative estimate of drug-likeness (QED) is 0.828. The first-order valence-corrected chi connectivity index (χ1v) is 7.58. The van der Waals surface area contributed by atoms with Crippen molar-refractivity contribution in [1.82, 2.24) is 4.98 Å². The van der Waals surface area contributed by atoms with Gasteiger partial charge in [-0.1, -0.05) is 24.4 Å². The maximum absolute atomic E-state index is 5.90. The third kappa shape index (κ3) is 3.42. The number of thioether (sulfide) groups is 1. The van der Waals surface area contributed by atoms with Crippen LogP contribution in [0.1, 0.15) is 25.7 Å². The molecule has 0 amide bonds. The first kappa shape index (κ1) is 12.8. The van der Waals surface area contributed by atoms with Crippen molar-refractivity contribution in [3.05, 3.63) is 17.3 Å². The van der Waals surface area contributed by atoms with Gasteiger partial charge in [0, 0.05) is 23.0 Å². The lowest BCUT2D eigenvalue weighted by Crippen LogP contribution is -2.34. The van der Waals surface area contributed by atoms with Crippen LogP contribution in [0.3, 0.4) is 0 Å². The van der Waals surface area contributed by atoms with Gasteiger partial charge >= 0.3 is 0 Å². The third-order valence-electron chi connectivity index (χ3n) is 3.15. The minimum Gasteiger partial charge on any atom is -0.399 e. The molecule has 2 atom stereocenters. The Morgan fingerprint density at radius 1 is 1.41 bits per heavy atom. The number of anilines is 2. The first-order valence-electron chi connectivity index (χ1n) is 5.91. The van der Waals surface area contributed by atoms with Crippen molar-refractivity contribution >= 4 is 34.9 Å². The zero-order chi connectivity index (χ0) is 12.3. The number of rotatable bonds is 3. The van der Waals surface area contributed by atoms with Gasteiger partial charge < -0.3 is 11.1 Å². The molecule has 0 bridgehead atoms. The molecule has 0 aliphatic heterocycles. The minimum absolute atomic E-state index is 0.448. The van der Waals surface area contributed by atoms with Crippen LogP contribution in [0.25, 0.3) is 0 Å². The fourth-order valence-corrected chi connectivity index (χ4v) is 3.48. The molecule has 5 heteroatoms. The van der Waals surface area contributed by atoms with Gasteiger partial charge in [-0.3, -0.25) is 0 Å². The molecule has 2 unspecified atom stereocenters. The van der Waals surface area contributed by atoms with Crippen LogP contribution in [-0.4, -0.2) is 22.5 Å². The summed E-state index contributed by atoms with van der Waals surface area (Å²) in [6.07, 6.45) is 7.25. The van der Waals surface area contributed by atoms with E-state index in [-0.39, 0.29) is 0 Å². The molecule has 1 aliphatic rings. The van der Waals surface area contributed by atoms with E-state index >= 15 is 0 Å². The normalized spacial score (nSPS) is 24.6. The van der Waals surface area contributed by atoms with E-state index in [0.717, 1.165) is 5.82 Å².